The highest BCUT2D eigenvalue weighted by atomic mass is 35.5. The van der Waals surface area contributed by atoms with Gasteiger partial charge in [0.15, 0.2) is 5.96 Å². The van der Waals surface area contributed by atoms with Crippen LogP contribution in [0.5, 0.6) is 0 Å². The number of carbonyl (C=O) groups excluding carboxylic acids is 2. The lowest BCUT2D eigenvalue weighted by Gasteiger charge is -2.34. The van der Waals surface area contributed by atoms with Crippen molar-refractivity contribution in [2.45, 2.75) is 19.3 Å². The number of nitrogens with two attached hydrogens (primary N) is 1. The minimum absolute atomic E-state index is 0.218. The molecule has 0 radical (unpaired) electrons. The smallest absolute Gasteiger partial charge is 0.251 e. The first kappa shape index (κ1) is 21.3. The average Bonchev–Trinajstić information content (AvgIpc) is 2.63. The van der Waals surface area contributed by atoms with Gasteiger partial charge in [-0.25, -0.2) is 0 Å². The third-order valence-electron chi connectivity index (χ3n) is 4.40. The largest absolute Gasteiger partial charge is 0.370 e. The van der Waals surface area contributed by atoms with Crippen LogP contribution in [0.25, 0.3) is 0 Å². The van der Waals surface area contributed by atoms with E-state index in [9.17, 15) is 9.59 Å². The van der Waals surface area contributed by atoms with Crippen molar-refractivity contribution >= 4 is 41.0 Å². The van der Waals surface area contributed by atoms with Crippen LogP contribution in [0.3, 0.4) is 0 Å². The molecule has 1 heterocycles. The van der Waals surface area contributed by atoms with E-state index in [0.29, 0.717) is 35.1 Å². The zero-order valence-electron chi connectivity index (χ0n) is 15.3. The van der Waals surface area contributed by atoms with Crippen molar-refractivity contribution in [3.63, 3.8) is 0 Å². The number of hydrogen-bond donors (Lipinski definition) is 3. The summed E-state index contributed by atoms with van der Waals surface area (Å²) in [5.74, 6) is 0.525. The van der Waals surface area contributed by atoms with Gasteiger partial charge in [-0.05, 0) is 37.0 Å². The normalized spacial score (nSPS) is 17.5. The van der Waals surface area contributed by atoms with Crippen LogP contribution in [0.15, 0.2) is 23.2 Å². The summed E-state index contributed by atoms with van der Waals surface area (Å²) < 4.78 is 0. The van der Waals surface area contributed by atoms with Crippen molar-refractivity contribution in [3.05, 3.63) is 33.8 Å². The molecule has 1 aromatic carbocycles. The number of halogens is 2. The lowest BCUT2D eigenvalue weighted by Crippen LogP contribution is -2.48. The predicted octanol–water partition coefficient (Wildman–Crippen LogP) is 1.89. The van der Waals surface area contributed by atoms with Crippen LogP contribution in [0.1, 0.15) is 29.6 Å². The zero-order valence-corrected chi connectivity index (χ0v) is 16.8. The summed E-state index contributed by atoms with van der Waals surface area (Å²) in [5.41, 5.74) is 5.77. The number of likely N-dealkylation sites (tertiary alicyclic amines) is 1. The van der Waals surface area contributed by atoms with E-state index in [-0.39, 0.29) is 17.7 Å². The van der Waals surface area contributed by atoms with Gasteiger partial charge in [0, 0.05) is 45.2 Å². The number of carbonyl (C=O) groups is 2. The molecule has 2 rings (SSSR count). The first-order valence-electron chi connectivity index (χ1n) is 8.88. The Morgan fingerprint density at radius 2 is 2.00 bits per heavy atom. The van der Waals surface area contributed by atoms with Gasteiger partial charge < -0.3 is 21.3 Å². The number of nitrogens with zero attached hydrogens (tertiary/aromatic N) is 2. The molecule has 148 valence electrons. The number of hydrogen-bond acceptors (Lipinski definition) is 3. The highest BCUT2D eigenvalue weighted by molar-refractivity contribution is 6.42. The van der Waals surface area contributed by atoms with Crippen molar-refractivity contribution in [1.29, 1.82) is 0 Å². The summed E-state index contributed by atoms with van der Waals surface area (Å²) in [7, 11) is 1.72. The lowest BCUT2D eigenvalue weighted by atomic mass is 9.95. The van der Waals surface area contributed by atoms with Gasteiger partial charge in [-0.1, -0.05) is 23.2 Å². The number of amides is 2. The number of guanidine groups is 1. The maximum atomic E-state index is 12.1. The first-order valence-corrected chi connectivity index (χ1v) is 9.63. The topological polar surface area (TPSA) is 99.8 Å². The maximum absolute atomic E-state index is 12.1. The molecule has 9 heteroatoms. The number of nitrogens with one attached hydrogen (secondary N) is 2. The van der Waals surface area contributed by atoms with Crippen LogP contribution in [-0.2, 0) is 4.79 Å². The minimum Gasteiger partial charge on any atom is -0.370 e. The second-order valence-electron chi connectivity index (χ2n) is 6.48. The summed E-state index contributed by atoms with van der Waals surface area (Å²) in [4.78, 5) is 29.7. The second-order valence-corrected chi connectivity index (χ2v) is 7.30. The molecule has 1 atom stereocenters. The van der Waals surface area contributed by atoms with Gasteiger partial charge in [0.05, 0.1) is 10.0 Å². The van der Waals surface area contributed by atoms with Crippen LogP contribution < -0.4 is 16.4 Å². The fourth-order valence-electron chi connectivity index (χ4n) is 3.13. The van der Waals surface area contributed by atoms with Crippen molar-refractivity contribution in [2.24, 2.45) is 16.6 Å². The predicted molar refractivity (Wildman–Crippen MR) is 108 cm³/mol. The minimum atomic E-state index is -0.269. The van der Waals surface area contributed by atoms with Crippen LogP contribution >= 0.6 is 23.2 Å². The van der Waals surface area contributed by atoms with Crippen molar-refractivity contribution < 1.29 is 9.59 Å². The molecule has 0 bridgehead atoms. The molecular formula is C18H25Cl2N5O2. The molecule has 0 aromatic heterocycles. The molecule has 1 fully saturated rings. The summed E-state index contributed by atoms with van der Waals surface area (Å²) in [6.07, 6.45) is 2.38. The first-order chi connectivity index (χ1) is 12.9. The molecule has 1 aliphatic heterocycles. The molecule has 1 aliphatic rings. The Hall–Kier alpha value is -1.99. The van der Waals surface area contributed by atoms with Gasteiger partial charge in [-0.2, -0.15) is 0 Å². The van der Waals surface area contributed by atoms with Crippen molar-refractivity contribution in [2.75, 3.05) is 33.2 Å². The number of aliphatic imine (C=N–C) groups is 1. The molecule has 0 spiro atoms. The summed E-state index contributed by atoms with van der Waals surface area (Å²) >= 11 is 11.8. The maximum Gasteiger partial charge on any atom is 0.251 e. The Balaban J connectivity index is 1.78. The SMILES string of the molecule is CN=C(NCCNC(=O)c1ccc(Cl)c(Cl)c1)N1CCCC(CC(N)=O)C1. The van der Waals surface area contributed by atoms with Gasteiger partial charge >= 0.3 is 0 Å². The Morgan fingerprint density at radius 3 is 2.67 bits per heavy atom. The van der Waals surface area contributed by atoms with Crippen LogP contribution in [0.4, 0.5) is 0 Å². The third-order valence-corrected chi connectivity index (χ3v) is 5.13. The Labute approximate surface area is 169 Å². The lowest BCUT2D eigenvalue weighted by molar-refractivity contribution is -0.119. The number of primary amides is 1. The number of piperidine rings is 1. The highest BCUT2D eigenvalue weighted by Crippen LogP contribution is 2.22. The van der Waals surface area contributed by atoms with E-state index in [2.05, 4.69) is 20.5 Å². The molecule has 1 aromatic rings. The number of rotatable bonds is 6. The molecule has 7 nitrogen and oxygen atoms in total. The molecule has 2 amide bonds. The Bertz CT molecular complexity index is 711. The zero-order chi connectivity index (χ0) is 19.8. The molecular weight excluding hydrogens is 389 g/mol. The van der Waals surface area contributed by atoms with E-state index < -0.39 is 0 Å². The van der Waals surface area contributed by atoms with Crippen LogP contribution in [-0.4, -0.2) is 55.9 Å². The molecule has 1 saturated heterocycles. The van der Waals surface area contributed by atoms with E-state index in [1.54, 1.807) is 19.2 Å². The summed E-state index contributed by atoms with van der Waals surface area (Å²) in [5, 5.41) is 6.82. The van der Waals surface area contributed by atoms with Gasteiger partial charge in [0.1, 0.15) is 0 Å². The van der Waals surface area contributed by atoms with Crippen LogP contribution in [0.2, 0.25) is 10.0 Å². The highest BCUT2D eigenvalue weighted by Gasteiger charge is 2.23. The second kappa shape index (κ2) is 10.4. The average molecular weight is 414 g/mol. The Kier molecular flexibility index (Phi) is 8.19. The molecule has 27 heavy (non-hydrogen) atoms. The van der Waals surface area contributed by atoms with E-state index in [0.717, 1.165) is 31.9 Å². The summed E-state index contributed by atoms with van der Waals surface area (Å²) in [6.45, 7) is 2.58. The quantitative estimate of drug-likeness (QED) is 0.376. The fourth-order valence-corrected chi connectivity index (χ4v) is 3.43. The van der Waals surface area contributed by atoms with Crippen LogP contribution in [0, 0.1) is 5.92 Å². The standard InChI is InChI=1S/C18H25Cl2N5O2/c1-22-18(25-8-2-3-12(11-25)9-16(21)26)24-7-6-23-17(27)13-4-5-14(19)15(20)10-13/h4-5,10,12H,2-3,6-9,11H2,1H3,(H2,21,26)(H,22,24)(H,23,27). The van der Waals surface area contributed by atoms with E-state index in [1.165, 1.54) is 6.07 Å². The Morgan fingerprint density at radius 1 is 1.26 bits per heavy atom. The summed E-state index contributed by atoms with van der Waals surface area (Å²) in [6, 6.07) is 4.76. The molecule has 4 N–H and O–H groups in total. The van der Waals surface area contributed by atoms with Gasteiger partial charge in [-0.3, -0.25) is 14.6 Å². The third kappa shape index (κ3) is 6.59. The van der Waals surface area contributed by atoms with Gasteiger partial charge in [0.2, 0.25) is 5.91 Å². The molecule has 1 unspecified atom stereocenters. The van der Waals surface area contributed by atoms with E-state index in [4.69, 9.17) is 28.9 Å². The van der Waals surface area contributed by atoms with Gasteiger partial charge in [-0.15, -0.1) is 0 Å². The molecule has 0 aliphatic carbocycles. The number of benzene rings is 1. The van der Waals surface area contributed by atoms with E-state index in [1.807, 2.05) is 0 Å². The van der Waals surface area contributed by atoms with Gasteiger partial charge in [0.25, 0.3) is 5.91 Å². The fraction of sp³-hybridized carbons (Fsp3) is 0.500. The monoisotopic (exact) mass is 413 g/mol. The van der Waals surface area contributed by atoms with E-state index >= 15 is 0 Å². The molecule has 0 saturated carbocycles. The van der Waals surface area contributed by atoms with Crippen molar-refractivity contribution in [3.8, 4) is 0 Å². The van der Waals surface area contributed by atoms with Crippen molar-refractivity contribution in [1.82, 2.24) is 15.5 Å².